The number of nitrogens with zero attached hydrogens (tertiary/aromatic N) is 1. The topological polar surface area (TPSA) is 24.9 Å². The summed E-state index contributed by atoms with van der Waals surface area (Å²) in [4.78, 5) is 4.75. The van der Waals surface area contributed by atoms with Crippen molar-refractivity contribution in [2.75, 3.05) is 7.05 Å². The van der Waals surface area contributed by atoms with Crippen molar-refractivity contribution >= 4 is 34.5 Å². The van der Waals surface area contributed by atoms with E-state index in [4.69, 9.17) is 28.2 Å². The molecule has 0 fully saturated rings. The SMILES string of the molecule is CNC(c1nc(C(C)(C)C)cs1)c1c(Cl)cccc1Cl. The maximum absolute atomic E-state index is 6.30. The standard InChI is InChI=1S/C15H18Cl2N2S/c1-15(2,3)11-8-20-14(19-11)13(18-4)12-9(16)6-5-7-10(12)17/h5-8,13,18H,1-4H3. The van der Waals surface area contributed by atoms with Crippen LogP contribution in [0.3, 0.4) is 0 Å². The van der Waals surface area contributed by atoms with Crippen LogP contribution in [0.4, 0.5) is 0 Å². The third-order valence-electron chi connectivity index (χ3n) is 3.11. The Morgan fingerprint density at radius 2 is 1.80 bits per heavy atom. The Balaban J connectivity index is 2.45. The highest BCUT2D eigenvalue weighted by molar-refractivity contribution is 7.09. The van der Waals surface area contributed by atoms with Crippen molar-refractivity contribution in [3.05, 3.63) is 49.9 Å². The van der Waals surface area contributed by atoms with Gasteiger partial charge in [-0.1, -0.05) is 50.0 Å². The monoisotopic (exact) mass is 328 g/mol. The van der Waals surface area contributed by atoms with Crippen LogP contribution in [0.1, 0.15) is 43.1 Å². The molecule has 108 valence electrons. The molecule has 0 radical (unpaired) electrons. The molecule has 1 unspecified atom stereocenters. The van der Waals surface area contributed by atoms with Gasteiger partial charge in [-0.25, -0.2) is 4.98 Å². The average molecular weight is 329 g/mol. The Kier molecular flexibility index (Phi) is 4.75. The molecule has 1 aromatic heterocycles. The van der Waals surface area contributed by atoms with Crippen LogP contribution in [0.25, 0.3) is 0 Å². The molecule has 0 aliphatic heterocycles. The van der Waals surface area contributed by atoms with Crippen molar-refractivity contribution in [1.82, 2.24) is 10.3 Å². The van der Waals surface area contributed by atoms with E-state index >= 15 is 0 Å². The number of nitrogens with one attached hydrogen (secondary N) is 1. The zero-order valence-electron chi connectivity index (χ0n) is 12.0. The van der Waals surface area contributed by atoms with Crippen molar-refractivity contribution in [2.45, 2.75) is 32.2 Å². The van der Waals surface area contributed by atoms with E-state index in [2.05, 4.69) is 31.5 Å². The van der Waals surface area contributed by atoms with Gasteiger partial charge in [-0.15, -0.1) is 11.3 Å². The second kappa shape index (κ2) is 6.02. The third-order valence-corrected chi connectivity index (χ3v) is 4.68. The summed E-state index contributed by atoms with van der Waals surface area (Å²) in [7, 11) is 1.89. The van der Waals surface area contributed by atoms with E-state index in [1.807, 2.05) is 25.2 Å². The fourth-order valence-corrected chi connectivity index (χ4v) is 3.72. The summed E-state index contributed by atoms with van der Waals surface area (Å²) in [5, 5.41) is 7.65. The van der Waals surface area contributed by atoms with Gasteiger partial charge in [0, 0.05) is 26.4 Å². The van der Waals surface area contributed by atoms with E-state index in [9.17, 15) is 0 Å². The number of hydrogen-bond acceptors (Lipinski definition) is 3. The van der Waals surface area contributed by atoms with E-state index in [0.717, 1.165) is 16.3 Å². The molecule has 2 nitrogen and oxygen atoms in total. The lowest BCUT2D eigenvalue weighted by atomic mass is 9.93. The predicted octanol–water partition coefficient (Wildman–Crippen LogP) is 5.06. The van der Waals surface area contributed by atoms with Gasteiger partial charge in [0.2, 0.25) is 0 Å². The molecule has 0 aliphatic rings. The quantitative estimate of drug-likeness (QED) is 0.852. The van der Waals surface area contributed by atoms with Crippen LogP contribution in [0.15, 0.2) is 23.6 Å². The molecule has 0 aliphatic carbocycles. The minimum Gasteiger partial charge on any atom is -0.307 e. The van der Waals surface area contributed by atoms with E-state index in [1.54, 1.807) is 11.3 Å². The highest BCUT2D eigenvalue weighted by Gasteiger charge is 2.24. The Labute approximate surface area is 134 Å². The second-order valence-electron chi connectivity index (χ2n) is 5.68. The zero-order valence-corrected chi connectivity index (χ0v) is 14.3. The highest BCUT2D eigenvalue weighted by Crippen LogP contribution is 2.36. The van der Waals surface area contributed by atoms with E-state index in [1.165, 1.54) is 0 Å². The first-order valence-corrected chi connectivity index (χ1v) is 8.05. The van der Waals surface area contributed by atoms with Crippen molar-refractivity contribution in [3.8, 4) is 0 Å². The first kappa shape index (κ1) is 15.8. The van der Waals surface area contributed by atoms with Crippen LogP contribution >= 0.6 is 34.5 Å². The molecule has 2 rings (SSSR count). The summed E-state index contributed by atoms with van der Waals surface area (Å²) in [5.74, 6) is 0. The molecule has 1 N–H and O–H groups in total. The number of aromatic nitrogens is 1. The second-order valence-corrected chi connectivity index (χ2v) is 7.38. The molecule has 0 saturated carbocycles. The molecular weight excluding hydrogens is 311 g/mol. The van der Waals surface area contributed by atoms with Gasteiger partial charge in [-0.05, 0) is 19.2 Å². The van der Waals surface area contributed by atoms with Crippen LogP contribution < -0.4 is 5.32 Å². The van der Waals surface area contributed by atoms with Gasteiger partial charge in [0.25, 0.3) is 0 Å². The lowest BCUT2D eigenvalue weighted by molar-refractivity contribution is 0.566. The normalized spacial score (nSPS) is 13.5. The van der Waals surface area contributed by atoms with E-state index in [0.29, 0.717) is 10.0 Å². The Hall–Kier alpha value is -0.610. The highest BCUT2D eigenvalue weighted by atomic mass is 35.5. The minimum absolute atomic E-state index is 0.0390. The molecule has 0 bridgehead atoms. The Bertz CT molecular complexity index is 582. The van der Waals surface area contributed by atoms with Crippen LogP contribution in [0, 0.1) is 0 Å². The molecule has 0 spiro atoms. The maximum Gasteiger partial charge on any atom is 0.115 e. The van der Waals surface area contributed by atoms with Crippen molar-refractivity contribution < 1.29 is 0 Å². The largest absolute Gasteiger partial charge is 0.307 e. The molecule has 5 heteroatoms. The molecule has 20 heavy (non-hydrogen) atoms. The van der Waals surface area contributed by atoms with Gasteiger partial charge < -0.3 is 5.32 Å². The van der Waals surface area contributed by atoms with Crippen LogP contribution in [0.5, 0.6) is 0 Å². The minimum atomic E-state index is -0.0858. The van der Waals surface area contributed by atoms with Gasteiger partial charge in [0.05, 0.1) is 11.7 Å². The Morgan fingerprint density at radius 1 is 1.20 bits per heavy atom. The number of halogens is 2. The fourth-order valence-electron chi connectivity index (χ4n) is 1.94. The molecule has 0 amide bonds. The molecular formula is C15H18Cl2N2S. The van der Waals surface area contributed by atoms with Crippen molar-refractivity contribution in [3.63, 3.8) is 0 Å². The van der Waals surface area contributed by atoms with Gasteiger partial charge >= 0.3 is 0 Å². The van der Waals surface area contributed by atoms with E-state index < -0.39 is 0 Å². The number of hydrogen-bond donors (Lipinski definition) is 1. The lowest BCUT2D eigenvalue weighted by Gasteiger charge is -2.18. The summed E-state index contributed by atoms with van der Waals surface area (Å²) in [6.07, 6.45) is 0. The van der Waals surface area contributed by atoms with Crippen LogP contribution in [-0.2, 0) is 5.41 Å². The zero-order chi connectivity index (χ0) is 14.9. The van der Waals surface area contributed by atoms with Gasteiger partial charge in [-0.3, -0.25) is 0 Å². The molecule has 2 aromatic rings. The molecule has 1 aromatic carbocycles. The van der Waals surface area contributed by atoms with Crippen molar-refractivity contribution in [1.29, 1.82) is 0 Å². The van der Waals surface area contributed by atoms with Gasteiger partial charge in [0.15, 0.2) is 0 Å². The van der Waals surface area contributed by atoms with Crippen LogP contribution in [-0.4, -0.2) is 12.0 Å². The van der Waals surface area contributed by atoms with Gasteiger partial charge in [0.1, 0.15) is 5.01 Å². The fraction of sp³-hybridized carbons (Fsp3) is 0.400. The summed E-state index contributed by atoms with van der Waals surface area (Å²) in [5.41, 5.74) is 2.01. The summed E-state index contributed by atoms with van der Waals surface area (Å²) in [6.45, 7) is 6.47. The Morgan fingerprint density at radius 3 is 2.25 bits per heavy atom. The third kappa shape index (κ3) is 3.17. The summed E-state index contributed by atoms with van der Waals surface area (Å²) in [6, 6.07) is 5.47. The van der Waals surface area contributed by atoms with E-state index in [-0.39, 0.29) is 11.5 Å². The molecule has 1 heterocycles. The predicted molar refractivity (Wildman–Crippen MR) is 88.2 cm³/mol. The lowest BCUT2D eigenvalue weighted by Crippen LogP contribution is -2.19. The van der Waals surface area contributed by atoms with Crippen molar-refractivity contribution in [2.24, 2.45) is 0 Å². The molecule has 1 atom stereocenters. The average Bonchev–Trinajstić information content (AvgIpc) is 2.83. The number of rotatable bonds is 3. The summed E-state index contributed by atoms with van der Waals surface area (Å²) >= 11 is 14.2. The first-order valence-electron chi connectivity index (χ1n) is 6.41. The van der Waals surface area contributed by atoms with Crippen LogP contribution in [0.2, 0.25) is 10.0 Å². The molecule has 0 saturated heterocycles. The first-order chi connectivity index (χ1) is 9.34. The number of benzene rings is 1. The maximum atomic E-state index is 6.30. The van der Waals surface area contributed by atoms with Gasteiger partial charge in [-0.2, -0.15) is 0 Å². The smallest absolute Gasteiger partial charge is 0.115 e. The summed E-state index contributed by atoms with van der Waals surface area (Å²) < 4.78 is 0. The number of thiazole rings is 1.